The van der Waals surface area contributed by atoms with E-state index in [1.165, 1.54) is 23.7 Å². The second-order valence-corrected chi connectivity index (χ2v) is 6.86. The number of carbonyl (C=O) groups excluding carboxylic acids is 1. The molecule has 0 radical (unpaired) electrons. The first-order valence-corrected chi connectivity index (χ1v) is 8.76. The number of rotatable bonds is 7. The molecule has 1 aromatic rings. The lowest BCUT2D eigenvalue weighted by Crippen LogP contribution is -2.44. The second-order valence-electron chi connectivity index (χ2n) is 6.86. The fourth-order valence-corrected chi connectivity index (χ4v) is 3.31. The Bertz CT molecular complexity index is 572. The second kappa shape index (κ2) is 7.59. The standard InChI is InChI=1S/C17H25F2N3O2/c1-21-10-14(15(20-21)16(18)19)17(23)22-8-3-2-4-13(22)7-9-24-11-12-5-6-12/h10,12-13,16H,2-9,11H2,1H3. The van der Waals surface area contributed by atoms with Gasteiger partial charge in [-0.3, -0.25) is 9.48 Å². The molecule has 1 aliphatic heterocycles. The smallest absolute Gasteiger partial charge is 0.282 e. The monoisotopic (exact) mass is 341 g/mol. The number of hydrogen-bond acceptors (Lipinski definition) is 3. The Hall–Kier alpha value is -1.50. The molecule has 24 heavy (non-hydrogen) atoms. The van der Waals surface area contributed by atoms with Crippen molar-refractivity contribution in [1.82, 2.24) is 14.7 Å². The van der Waals surface area contributed by atoms with Crippen molar-refractivity contribution in [1.29, 1.82) is 0 Å². The number of hydrogen-bond donors (Lipinski definition) is 0. The van der Waals surface area contributed by atoms with Gasteiger partial charge in [0.05, 0.1) is 5.56 Å². The van der Waals surface area contributed by atoms with Gasteiger partial charge in [0.25, 0.3) is 12.3 Å². The molecular formula is C17H25F2N3O2. The van der Waals surface area contributed by atoms with Crippen molar-refractivity contribution in [2.24, 2.45) is 13.0 Å². The number of carbonyl (C=O) groups is 1. The van der Waals surface area contributed by atoms with Crippen LogP contribution in [0.5, 0.6) is 0 Å². The lowest BCUT2D eigenvalue weighted by molar-refractivity contribution is 0.0495. The molecule has 3 rings (SSSR count). The van der Waals surface area contributed by atoms with Crippen molar-refractivity contribution < 1.29 is 18.3 Å². The predicted octanol–water partition coefficient (Wildman–Crippen LogP) is 3.17. The number of ether oxygens (including phenoxy) is 1. The Morgan fingerprint density at radius 2 is 2.17 bits per heavy atom. The number of aryl methyl sites for hydroxylation is 1. The van der Waals surface area contributed by atoms with E-state index in [4.69, 9.17) is 4.74 Å². The van der Waals surface area contributed by atoms with E-state index in [1.807, 2.05) is 0 Å². The van der Waals surface area contributed by atoms with Gasteiger partial charge in [-0.25, -0.2) is 8.78 Å². The summed E-state index contributed by atoms with van der Waals surface area (Å²) in [7, 11) is 1.56. The van der Waals surface area contributed by atoms with Crippen molar-refractivity contribution in [2.45, 2.75) is 51.0 Å². The molecular weight excluding hydrogens is 316 g/mol. The normalized spacial score (nSPS) is 21.5. The van der Waals surface area contributed by atoms with Gasteiger partial charge in [-0.2, -0.15) is 5.10 Å². The molecule has 1 unspecified atom stereocenters. The molecule has 0 bridgehead atoms. The Balaban J connectivity index is 1.64. The highest BCUT2D eigenvalue weighted by Gasteiger charge is 2.32. The van der Waals surface area contributed by atoms with E-state index in [-0.39, 0.29) is 17.5 Å². The van der Waals surface area contributed by atoms with E-state index < -0.39 is 12.1 Å². The molecule has 1 saturated heterocycles. The van der Waals surface area contributed by atoms with Crippen molar-refractivity contribution in [3.8, 4) is 0 Å². The van der Waals surface area contributed by atoms with Gasteiger partial charge < -0.3 is 9.64 Å². The summed E-state index contributed by atoms with van der Waals surface area (Å²) in [6.45, 7) is 2.04. The van der Waals surface area contributed by atoms with Gasteiger partial charge in [-0.05, 0) is 44.4 Å². The third-order valence-electron chi connectivity index (χ3n) is 4.83. The van der Waals surface area contributed by atoms with E-state index in [9.17, 15) is 13.6 Å². The van der Waals surface area contributed by atoms with E-state index >= 15 is 0 Å². The highest BCUT2D eigenvalue weighted by molar-refractivity contribution is 5.95. The first-order chi connectivity index (χ1) is 11.6. The molecule has 1 aromatic heterocycles. The van der Waals surface area contributed by atoms with Crippen molar-refractivity contribution in [2.75, 3.05) is 19.8 Å². The molecule has 5 nitrogen and oxygen atoms in total. The van der Waals surface area contributed by atoms with E-state index in [1.54, 1.807) is 11.9 Å². The quantitative estimate of drug-likeness (QED) is 0.716. The molecule has 1 aliphatic carbocycles. The van der Waals surface area contributed by atoms with Crippen LogP contribution in [0.1, 0.15) is 61.0 Å². The molecule has 0 N–H and O–H groups in total. The van der Waals surface area contributed by atoms with Crippen LogP contribution in [0.25, 0.3) is 0 Å². The van der Waals surface area contributed by atoms with Crippen LogP contribution in [-0.2, 0) is 11.8 Å². The van der Waals surface area contributed by atoms with Crippen LogP contribution >= 0.6 is 0 Å². The predicted molar refractivity (Wildman–Crippen MR) is 85.0 cm³/mol. The van der Waals surface area contributed by atoms with Crippen LogP contribution in [0.3, 0.4) is 0 Å². The molecule has 1 amide bonds. The number of likely N-dealkylation sites (tertiary alicyclic amines) is 1. The number of nitrogens with zero attached hydrogens (tertiary/aromatic N) is 3. The van der Waals surface area contributed by atoms with Gasteiger partial charge in [0.1, 0.15) is 5.69 Å². The average Bonchev–Trinajstić information content (AvgIpc) is 3.31. The summed E-state index contributed by atoms with van der Waals surface area (Å²) < 4.78 is 33.2. The Kier molecular flexibility index (Phi) is 5.48. The topological polar surface area (TPSA) is 47.4 Å². The molecule has 2 aliphatic rings. The van der Waals surface area contributed by atoms with E-state index in [0.717, 1.165) is 38.2 Å². The third-order valence-corrected chi connectivity index (χ3v) is 4.83. The zero-order valence-corrected chi connectivity index (χ0v) is 14.1. The summed E-state index contributed by atoms with van der Waals surface area (Å²) in [5.74, 6) is 0.392. The number of piperidine rings is 1. The van der Waals surface area contributed by atoms with Gasteiger partial charge >= 0.3 is 0 Å². The van der Waals surface area contributed by atoms with Crippen LogP contribution in [-0.4, -0.2) is 46.4 Å². The van der Waals surface area contributed by atoms with Crippen molar-refractivity contribution in [3.05, 3.63) is 17.5 Å². The average molecular weight is 341 g/mol. The van der Waals surface area contributed by atoms with Crippen LogP contribution in [0.2, 0.25) is 0 Å². The largest absolute Gasteiger partial charge is 0.381 e. The summed E-state index contributed by atoms with van der Waals surface area (Å²) >= 11 is 0. The maximum Gasteiger partial charge on any atom is 0.282 e. The molecule has 1 saturated carbocycles. The van der Waals surface area contributed by atoms with Crippen molar-refractivity contribution in [3.63, 3.8) is 0 Å². The molecule has 134 valence electrons. The maximum atomic E-state index is 13.1. The lowest BCUT2D eigenvalue weighted by atomic mass is 9.98. The van der Waals surface area contributed by atoms with E-state index in [2.05, 4.69) is 5.10 Å². The van der Waals surface area contributed by atoms with Crippen LogP contribution in [0.15, 0.2) is 6.20 Å². The van der Waals surface area contributed by atoms with Crippen LogP contribution < -0.4 is 0 Å². The zero-order chi connectivity index (χ0) is 17.1. The highest BCUT2D eigenvalue weighted by Crippen LogP contribution is 2.29. The summed E-state index contributed by atoms with van der Waals surface area (Å²) in [5.41, 5.74) is -0.393. The molecule has 0 aromatic carbocycles. The molecule has 2 fully saturated rings. The minimum absolute atomic E-state index is 0.0262. The summed E-state index contributed by atoms with van der Waals surface area (Å²) in [6.07, 6.45) is 4.82. The molecule has 0 spiro atoms. The van der Waals surface area contributed by atoms with Gasteiger partial charge in [0.15, 0.2) is 0 Å². The summed E-state index contributed by atoms with van der Waals surface area (Å²) in [4.78, 5) is 14.5. The Morgan fingerprint density at radius 1 is 1.38 bits per heavy atom. The Labute approximate surface area is 141 Å². The summed E-state index contributed by atoms with van der Waals surface area (Å²) in [5, 5.41) is 3.75. The molecule has 1 atom stereocenters. The zero-order valence-electron chi connectivity index (χ0n) is 14.1. The minimum Gasteiger partial charge on any atom is -0.381 e. The van der Waals surface area contributed by atoms with Crippen LogP contribution in [0, 0.1) is 5.92 Å². The van der Waals surface area contributed by atoms with Gasteiger partial charge in [-0.1, -0.05) is 0 Å². The van der Waals surface area contributed by atoms with Gasteiger partial charge in [0.2, 0.25) is 0 Å². The highest BCUT2D eigenvalue weighted by atomic mass is 19.3. The minimum atomic E-state index is -2.74. The summed E-state index contributed by atoms with van der Waals surface area (Å²) in [6, 6.07) is 0.0659. The lowest BCUT2D eigenvalue weighted by Gasteiger charge is -2.35. The third kappa shape index (κ3) is 4.12. The van der Waals surface area contributed by atoms with Crippen molar-refractivity contribution >= 4 is 5.91 Å². The number of aromatic nitrogens is 2. The van der Waals surface area contributed by atoms with Crippen LogP contribution in [0.4, 0.5) is 8.78 Å². The van der Waals surface area contributed by atoms with Gasteiger partial charge in [0, 0.05) is 39.0 Å². The number of amides is 1. The molecule has 7 heteroatoms. The number of alkyl halides is 2. The first-order valence-electron chi connectivity index (χ1n) is 8.76. The van der Waals surface area contributed by atoms with Gasteiger partial charge in [-0.15, -0.1) is 0 Å². The number of halogens is 2. The van der Waals surface area contributed by atoms with E-state index in [0.29, 0.717) is 13.2 Å². The fourth-order valence-electron chi connectivity index (χ4n) is 3.31. The first kappa shape index (κ1) is 17.3. The fraction of sp³-hybridized carbons (Fsp3) is 0.765. The SMILES string of the molecule is Cn1cc(C(=O)N2CCCCC2CCOCC2CC2)c(C(F)F)n1. The molecule has 2 heterocycles. The Morgan fingerprint density at radius 3 is 2.88 bits per heavy atom. The maximum absolute atomic E-state index is 13.1.